The molecule has 1 aromatic heterocycles. The second kappa shape index (κ2) is 6.19. The van der Waals surface area contributed by atoms with Crippen LogP contribution in [0.25, 0.3) is 0 Å². The molecule has 0 radical (unpaired) electrons. The van der Waals surface area contributed by atoms with Gasteiger partial charge in [-0.15, -0.1) is 0 Å². The summed E-state index contributed by atoms with van der Waals surface area (Å²) in [5.74, 6) is 0. The van der Waals surface area contributed by atoms with Crippen molar-refractivity contribution in [2.75, 3.05) is 7.05 Å². The van der Waals surface area contributed by atoms with Crippen molar-refractivity contribution in [3.8, 4) is 0 Å². The topological polar surface area (TPSA) is 70.2 Å². The molecule has 1 heterocycles. The molecule has 0 saturated heterocycles. The van der Waals surface area contributed by atoms with Crippen LogP contribution < -0.4 is 5.56 Å². The lowest BCUT2D eigenvalue weighted by molar-refractivity contribution is 0.466. The van der Waals surface area contributed by atoms with Crippen molar-refractivity contribution < 1.29 is 8.42 Å². The number of benzene rings is 1. The van der Waals surface area contributed by atoms with E-state index in [2.05, 4.69) is 4.98 Å². The number of nitrogens with one attached hydrogen (secondary N) is 1. The predicted molar refractivity (Wildman–Crippen MR) is 82.2 cm³/mol. The maximum atomic E-state index is 12.4. The minimum absolute atomic E-state index is 0.0118. The first-order valence-electron chi connectivity index (χ1n) is 5.89. The molecule has 21 heavy (non-hydrogen) atoms. The quantitative estimate of drug-likeness (QED) is 0.924. The average molecular weight is 347 g/mol. The zero-order valence-electron chi connectivity index (χ0n) is 11.0. The Morgan fingerprint density at radius 2 is 1.76 bits per heavy atom. The number of hydrogen-bond acceptors (Lipinski definition) is 3. The third-order valence-electron chi connectivity index (χ3n) is 2.79. The van der Waals surface area contributed by atoms with Crippen molar-refractivity contribution in [2.45, 2.75) is 11.4 Å². The van der Waals surface area contributed by atoms with E-state index in [1.807, 2.05) is 0 Å². The summed E-state index contributed by atoms with van der Waals surface area (Å²) in [7, 11) is -2.26. The first kappa shape index (κ1) is 16.0. The van der Waals surface area contributed by atoms with E-state index in [-0.39, 0.29) is 17.0 Å². The van der Waals surface area contributed by atoms with Crippen LogP contribution in [-0.4, -0.2) is 24.8 Å². The predicted octanol–water partition coefficient (Wildman–Crippen LogP) is 2.50. The van der Waals surface area contributed by atoms with E-state index in [0.717, 1.165) is 10.4 Å². The van der Waals surface area contributed by atoms with Gasteiger partial charge in [-0.3, -0.25) is 4.79 Å². The molecule has 8 heteroatoms. The fraction of sp³-hybridized carbons (Fsp3) is 0.154. The van der Waals surface area contributed by atoms with Gasteiger partial charge in [-0.1, -0.05) is 23.2 Å². The molecule has 0 aliphatic carbocycles. The van der Waals surface area contributed by atoms with Gasteiger partial charge < -0.3 is 4.98 Å². The van der Waals surface area contributed by atoms with Gasteiger partial charge in [-0.05, 0) is 29.8 Å². The molecule has 1 N–H and O–H groups in total. The number of H-pyrrole nitrogens is 1. The highest BCUT2D eigenvalue weighted by Crippen LogP contribution is 2.21. The minimum Gasteiger partial charge on any atom is -0.328 e. The highest BCUT2D eigenvalue weighted by Gasteiger charge is 2.21. The van der Waals surface area contributed by atoms with Crippen molar-refractivity contribution in [2.24, 2.45) is 0 Å². The Morgan fingerprint density at radius 1 is 1.14 bits per heavy atom. The molecule has 0 atom stereocenters. The van der Waals surface area contributed by atoms with Crippen molar-refractivity contribution in [3.63, 3.8) is 0 Å². The average Bonchev–Trinajstić information content (AvgIpc) is 2.37. The van der Waals surface area contributed by atoms with Crippen molar-refractivity contribution in [1.29, 1.82) is 0 Å². The van der Waals surface area contributed by atoms with Gasteiger partial charge in [0.25, 0.3) is 0 Å². The van der Waals surface area contributed by atoms with Gasteiger partial charge >= 0.3 is 0 Å². The Balaban J connectivity index is 2.28. The van der Waals surface area contributed by atoms with Crippen LogP contribution in [0, 0.1) is 0 Å². The smallest absolute Gasteiger partial charge is 0.247 e. The minimum atomic E-state index is -3.70. The maximum Gasteiger partial charge on any atom is 0.247 e. The number of pyridine rings is 1. The molecule has 1 aromatic carbocycles. The molecular weight excluding hydrogens is 335 g/mol. The zero-order valence-corrected chi connectivity index (χ0v) is 13.3. The van der Waals surface area contributed by atoms with Gasteiger partial charge in [0.05, 0.1) is 4.90 Å². The summed E-state index contributed by atoms with van der Waals surface area (Å²) in [4.78, 5) is 13.3. The molecule has 0 aliphatic heterocycles. The lowest BCUT2D eigenvalue weighted by atomic mass is 10.2. The third-order valence-corrected chi connectivity index (χ3v) is 5.03. The van der Waals surface area contributed by atoms with Crippen LogP contribution in [0.1, 0.15) is 5.56 Å². The summed E-state index contributed by atoms with van der Waals surface area (Å²) in [6.07, 6.45) is 1.17. The molecular formula is C13H12Cl2N2O3S. The third kappa shape index (κ3) is 3.85. The molecule has 2 rings (SSSR count). The highest BCUT2D eigenvalue weighted by molar-refractivity contribution is 7.89. The van der Waals surface area contributed by atoms with E-state index in [9.17, 15) is 13.2 Å². The molecule has 112 valence electrons. The van der Waals surface area contributed by atoms with Gasteiger partial charge in [0.15, 0.2) is 0 Å². The number of sulfonamides is 1. The second-order valence-electron chi connectivity index (χ2n) is 4.43. The van der Waals surface area contributed by atoms with Crippen LogP contribution in [0.15, 0.2) is 46.2 Å². The normalized spacial score (nSPS) is 11.8. The fourth-order valence-corrected chi connectivity index (χ4v) is 3.48. The van der Waals surface area contributed by atoms with E-state index in [0.29, 0.717) is 15.6 Å². The Hall–Kier alpha value is -1.34. The largest absolute Gasteiger partial charge is 0.328 e. The highest BCUT2D eigenvalue weighted by atomic mass is 35.5. The first-order valence-corrected chi connectivity index (χ1v) is 8.09. The molecule has 0 bridgehead atoms. The molecule has 0 fully saturated rings. The van der Waals surface area contributed by atoms with E-state index < -0.39 is 10.0 Å². The molecule has 0 unspecified atom stereocenters. The molecule has 0 amide bonds. The van der Waals surface area contributed by atoms with E-state index >= 15 is 0 Å². The Labute approximate surface area is 132 Å². The van der Waals surface area contributed by atoms with Crippen molar-refractivity contribution >= 4 is 33.2 Å². The number of aromatic nitrogens is 1. The van der Waals surface area contributed by atoms with Crippen LogP contribution in [0.5, 0.6) is 0 Å². The standard InChI is InChI=1S/C13H12Cl2N2O3S/c1-17(8-9-4-10(14)6-11(15)5-9)21(19,20)12-2-3-13(18)16-7-12/h2-7H,8H2,1H3,(H,16,18). The first-order chi connectivity index (χ1) is 9.79. The van der Waals surface area contributed by atoms with Crippen molar-refractivity contribution in [1.82, 2.24) is 9.29 Å². The fourth-order valence-electron chi connectivity index (χ4n) is 1.78. The zero-order chi connectivity index (χ0) is 15.6. The summed E-state index contributed by atoms with van der Waals surface area (Å²) >= 11 is 11.8. The lowest BCUT2D eigenvalue weighted by Crippen LogP contribution is -2.27. The molecule has 0 saturated carbocycles. The van der Waals surface area contributed by atoms with Crippen LogP contribution in [0.2, 0.25) is 10.0 Å². The number of rotatable bonds is 4. The number of aromatic amines is 1. The Bertz CT molecular complexity index is 778. The van der Waals surface area contributed by atoms with Crippen LogP contribution >= 0.6 is 23.2 Å². The summed E-state index contributed by atoms with van der Waals surface area (Å²) in [6.45, 7) is 0.113. The summed E-state index contributed by atoms with van der Waals surface area (Å²) in [6, 6.07) is 7.29. The molecule has 5 nitrogen and oxygen atoms in total. The monoisotopic (exact) mass is 346 g/mol. The molecule has 0 spiro atoms. The van der Waals surface area contributed by atoms with E-state index in [4.69, 9.17) is 23.2 Å². The Morgan fingerprint density at radius 3 is 2.29 bits per heavy atom. The van der Waals surface area contributed by atoms with E-state index in [1.54, 1.807) is 18.2 Å². The van der Waals surface area contributed by atoms with Gasteiger partial charge in [-0.25, -0.2) is 8.42 Å². The van der Waals surface area contributed by atoms with Crippen LogP contribution in [0.4, 0.5) is 0 Å². The summed E-state index contributed by atoms with van der Waals surface area (Å²) in [5, 5.41) is 0.875. The van der Waals surface area contributed by atoms with Gasteiger partial charge in [0.1, 0.15) is 0 Å². The van der Waals surface area contributed by atoms with Crippen LogP contribution in [-0.2, 0) is 16.6 Å². The van der Waals surface area contributed by atoms with Crippen LogP contribution in [0.3, 0.4) is 0 Å². The number of halogens is 2. The Kier molecular flexibility index (Phi) is 4.73. The second-order valence-corrected chi connectivity index (χ2v) is 7.35. The van der Waals surface area contributed by atoms with E-state index in [1.165, 1.54) is 19.3 Å². The van der Waals surface area contributed by atoms with Gasteiger partial charge in [0.2, 0.25) is 15.6 Å². The SMILES string of the molecule is CN(Cc1cc(Cl)cc(Cl)c1)S(=O)(=O)c1ccc(=O)[nH]c1. The number of nitrogens with zero attached hydrogens (tertiary/aromatic N) is 1. The maximum absolute atomic E-state index is 12.4. The van der Waals surface area contributed by atoms with Crippen molar-refractivity contribution in [3.05, 3.63) is 62.5 Å². The molecule has 0 aliphatic rings. The summed E-state index contributed by atoms with van der Waals surface area (Å²) < 4.78 is 25.9. The number of hydrogen-bond donors (Lipinski definition) is 1. The van der Waals surface area contributed by atoms with Gasteiger partial charge in [-0.2, -0.15) is 4.31 Å². The lowest BCUT2D eigenvalue weighted by Gasteiger charge is -2.17. The molecule has 2 aromatic rings. The summed E-state index contributed by atoms with van der Waals surface area (Å²) in [5.41, 5.74) is 0.307. The van der Waals surface area contributed by atoms with Gasteiger partial charge in [0, 0.05) is 35.9 Å².